The zero-order valence-electron chi connectivity index (χ0n) is 13.1. The Balaban J connectivity index is 2.18. The highest BCUT2D eigenvalue weighted by molar-refractivity contribution is 14.1. The quantitative estimate of drug-likeness (QED) is 0.495. The molecule has 0 saturated heterocycles. The Hall–Kier alpha value is -1.13. The fourth-order valence-corrected chi connectivity index (χ4v) is 4.23. The molecule has 0 aromatic heterocycles. The van der Waals surface area contributed by atoms with Crippen LogP contribution >= 0.6 is 22.6 Å². The van der Waals surface area contributed by atoms with Gasteiger partial charge in [-0.3, -0.25) is 0 Å². The summed E-state index contributed by atoms with van der Waals surface area (Å²) in [6.45, 7) is 2.22. The minimum absolute atomic E-state index is 0.699. The van der Waals surface area contributed by atoms with Crippen molar-refractivity contribution in [3.8, 4) is 0 Å². The van der Waals surface area contributed by atoms with E-state index >= 15 is 0 Å². The molecule has 2 aromatic rings. The minimum Gasteiger partial charge on any atom is -0.324 e. The average Bonchev–Trinajstić information content (AvgIpc) is 2.55. The van der Waals surface area contributed by atoms with Crippen molar-refractivity contribution in [1.29, 1.82) is 0 Å². The van der Waals surface area contributed by atoms with Crippen LogP contribution in [0.3, 0.4) is 0 Å². The molecule has 0 heterocycles. The van der Waals surface area contributed by atoms with Crippen molar-refractivity contribution in [2.24, 2.45) is 0 Å². The smallest absolute Gasteiger partial charge is 0.139 e. The maximum atomic E-state index is 4.42. The molecule has 0 radical (unpaired) electrons. The van der Waals surface area contributed by atoms with Crippen LogP contribution < -0.4 is 5.73 Å². The molecule has 0 amide bonds. The van der Waals surface area contributed by atoms with Crippen LogP contribution in [0.5, 0.6) is 0 Å². The second-order valence-electron chi connectivity index (χ2n) is 6.11. The molecular formula is C20H23IN+. The molecule has 1 aliphatic rings. The summed E-state index contributed by atoms with van der Waals surface area (Å²) in [5, 5.41) is 0. The summed E-state index contributed by atoms with van der Waals surface area (Å²) in [5.41, 5.74) is 12.5. The number of hydrogen-bond acceptors (Lipinski definition) is 0. The van der Waals surface area contributed by atoms with Crippen LogP contribution in [0.2, 0.25) is 0 Å². The lowest BCUT2D eigenvalue weighted by Gasteiger charge is -2.13. The van der Waals surface area contributed by atoms with Gasteiger partial charge in [0.25, 0.3) is 0 Å². The zero-order chi connectivity index (χ0) is 15.5. The summed E-state index contributed by atoms with van der Waals surface area (Å²) in [4.78, 5) is 0. The molecule has 1 unspecified atom stereocenters. The number of quaternary nitrogens is 1. The Kier molecular flexibility index (Phi) is 4.99. The van der Waals surface area contributed by atoms with Crippen molar-refractivity contribution in [2.45, 2.75) is 36.5 Å². The summed E-state index contributed by atoms with van der Waals surface area (Å²) >= 11 is 2.62. The number of aryl methyl sites for hydroxylation is 1. The van der Waals surface area contributed by atoms with Crippen molar-refractivity contribution in [2.75, 3.05) is 0 Å². The zero-order valence-corrected chi connectivity index (χ0v) is 15.3. The third-order valence-corrected chi connectivity index (χ3v) is 5.68. The maximum Gasteiger partial charge on any atom is 0.139 e. The first-order valence-corrected chi connectivity index (χ1v) is 9.25. The number of benzene rings is 2. The van der Waals surface area contributed by atoms with Crippen LogP contribution in [0.15, 0.2) is 48.5 Å². The Morgan fingerprint density at radius 1 is 0.955 bits per heavy atom. The molecule has 0 spiro atoms. The lowest BCUT2D eigenvalue weighted by Crippen LogP contribution is -2.46. The van der Waals surface area contributed by atoms with E-state index in [0.717, 1.165) is 12.8 Å². The molecule has 2 heteroatoms. The van der Waals surface area contributed by atoms with E-state index in [1.54, 1.807) is 0 Å². The lowest BCUT2D eigenvalue weighted by atomic mass is 9.93. The van der Waals surface area contributed by atoms with Gasteiger partial charge in [0.1, 0.15) is 5.70 Å². The van der Waals surface area contributed by atoms with Crippen LogP contribution in [0.25, 0.3) is 11.3 Å². The third kappa shape index (κ3) is 3.28. The fraction of sp³-hybridized carbons (Fsp3) is 0.300. The van der Waals surface area contributed by atoms with E-state index in [2.05, 4.69) is 83.8 Å². The molecule has 114 valence electrons. The predicted molar refractivity (Wildman–Crippen MR) is 103 cm³/mol. The van der Waals surface area contributed by atoms with E-state index in [1.807, 2.05) is 0 Å². The Bertz CT molecular complexity index is 702. The van der Waals surface area contributed by atoms with E-state index in [-0.39, 0.29) is 0 Å². The molecule has 0 bridgehead atoms. The van der Waals surface area contributed by atoms with Gasteiger partial charge in [0.2, 0.25) is 0 Å². The highest BCUT2D eigenvalue weighted by atomic mass is 127. The molecule has 3 N–H and O–H groups in total. The second-order valence-corrected chi connectivity index (χ2v) is 7.87. The molecule has 1 aliphatic carbocycles. The van der Waals surface area contributed by atoms with E-state index in [1.165, 1.54) is 46.4 Å². The van der Waals surface area contributed by atoms with E-state index in [4.69, 9.17) is 0 Å². The van der Waals surface area contributed by atoms with Crippen LogP contribution in [0.1, 0.15) is 42.0 Å². The highest BCUT2D eigenvalue weighted by Gasteiger charge is 2.17. The summed E-state index contributed by atoms with van der Waals surface area (Å²) in [7, 11) is 0. The first-order chi connectivity index (χ1) is 10.7. The van der Waals surface area contributed by atoms with Crippen LogP contribution in [-0.2, 0) is 12.8 Å². The van der Waals surface area contributed by atoms with Gasteiger partial charge in [-0.1, -0.05) is 65.1 Å². The summed E-state index contributed by atoms with van der Waals surface area (Å²) in [5.74, 6) is 0. The molecule has 1 nitrogen and oxygen atoms in total. The number of alkyl halides is 1. The highest BCUT2D eigenvalue weighted by Crippen LogP contribution is 2.30. The molecule has 0 aliphatic heterocycles. The fourth-order valence-electron chi connectivity index (χ4n) is 3.32. The van der Waals surface area contributed by atoms with Crippen LogP contribution in [0.4, 0.5) is 0 Å². The van der Waals surface area contributed by atoms with E-state index < -0.39 is 0 Å². The molecule has 2 aromatic carbocycles. The molecule has 0 saturated carbocycles. The monoisotopic (exact) mass is 404 g/mol. The lowest BCUT2D eigenvalue weighted by molar-refractivity contribution is -0.243. The number of halogens is 1. The van der Waals surface area contributed by atoms with Crippen molar-refractivity contribution in [1.82, 2.24) is 0 Å². The van der Waals surface area contributed by atoms with Gasteiger partial charge in [-0.15, -0.1) is 0 Å². The topological polar surface area (TPSA) is 27.6 Å². The SMILES string of the molecule is C/C1=C(\[NH3+])c2ccccc2CCCC(I)Cc2ccccc21. The van der Waals surface area contributed by atoms with Crippen molar-refractivity contribution >= 4 is 33.9 Å². The van der Waals surface area contributed by atoms with Gasteiger partial charge in [0.05, 0.1) is 0 Å². The van der Waals surface area contributed by atoms with Crippen LogP contribution in [-0.4, -0.2) is 3.92 Å². The van der Waals surface area contributed by atoms with Gasteiger partial charge >= 0.3 is 0 Å². The first kappa shape index (κ1) is 15.8. The van der Waals surface area contributed by atoms with Gasteiger partial charge in [-0.25, -0.2) is 0 Å². The van der Waals surface area contributed by atoms with Crippen molar-refractivity contribution in [3.05, 3.63) is 70.8 Å². The van der Waals surface area contributed by atoms with Gasteiger partial charge in [-0.2, -0.15) is 0 Å². The summed E-state index contributed by atoms with van der Waals surface area (Å²) < 4.78 is 0.699. The summed E-state index contributed by atoms with van der Waals surface area (Å²) in [6.07, 6.45) is 4.82. The van der Waals surface area contributed by atoms with Crippen molar-refractivity contribution < 1.29 is 5.73 Å². The van der Waals surface area contributed by atoms with Crippen LogP contribution in [0, 0.1) is 0 Å². The maximum absolute atomic E-state index is 4.42. The molecule has 22 heavy (non-hydrogen) atoms. The molecule has 1 atom stereocenters. The van der Waals surface area contributed by atoms with E-state index in [0.29, 0.717) is 3.92 Å². The van der Waals surface area contributed by atoms with Crippen molar-refractivity contribution in [3.63, 3.8) is 0 Å². The second kappa shape index (κ2) is 6.97. The number of rotatable bonds is 0. The minimum atomic E-state index is 0.699. The normalized spacial score (nSPS) is 22.4. The van der Waals surface area contributed by atoms with E-state index in [9.17, 15) is 0 Å². The van der Waals surface area contributed by atoms with Gasteiger partial charge in [0.15, 0.2) is 0 Å². The molecular weight excluding hydrogens is 381 g/mol. The molecule has 0 fully saturated rings. The Morgan fingerprint density at radius 2 is 1.59 bits per heavy atom. The van der Waals surface area contributed by atoms with Gasteiger partial charge < -0.3 is 5.73 Å². The third-order valence-electron chi connectivity index (χ3n) is 4.62. The Labute approximate surface area is 146 Å². The first-order valence-electron chi connectivity index (χ1n) is 8.00. The number of allylic oxidation sites excluding steroid dienone is 1. The largest absolute Gasteiger partial charge is 0.324 e. The Morgan fingerprint density at radius 3 is 2.36 bits per heavy atom. The average molecular weight is 404 g/mol. The van der Waals surface area contributed by atoms with Gasteiger partial charge in [-0.05, 0) is 55.4 Å². The molecule has 3 rings (SSSR count). The standard InChI is InChI=1S/C20H22IN/c1-14-18-11-4-3-8-16(18)13-17(21)10-6-9-15-7-2-5-12-19(15)20(14)22/h2-5,7-8,11-12,17H,6,9-10,13,22H2,1H3/p+1/b20-14+. The predicted octanol–water partition coefficient (Wildman–Crippen LogP) is 4.50. The number of hydrogen-bond donors (Lipinski definition) is 1. The van der Waals surface area contributed by atoms with Gasteiger partial charge in [0, 0.05) is 15.1 Å². The summed E-state index contributed by atoms with van der Waals surface area (Å²) in [6, 6.07) is 17.6. The number of fused-ring (bicyclic) bond motifs is 2.